The summed E-state index contributed by atoms with van der Waals surface area (Å²) in [7, 11) is 0. The van der Waals surface area contributed by atoms with Gasteiger partial charge in [0.05, 0.1) is 0 Å². The van der Waals surface area contributed by atoms with Gasteiger partial charge in [0.25, 0.3) is 0 Å². The van der Waals surface area contributed by atoms with Crippen LogP contribution in [-0.4, -0.2) is 13.1 Å². The maximum atomic E-state index is 15.3. The predicted octanol–water partition coefficient (Wildman–Crippen LogP) is 4.06. The molecule has 116 valence electrons. The Morgan fingerprint density at radius 2 is 2.00 bits per heavy atom. The van der Waals surface area contributed by atoms with E-state index in [-0.39, 0.29) is 5.92 Å². The van der Waals surface area contributed by atoms with Crippen LogP contribution >= 0.6 is 0 Å². The zero-order valence-electron chi connectivity index (χ0n) is 12.9. The molecule has 1 heterocycles. The van der Waals surface area contributed by atoms with Gasteiger partial charge < -0.3 is 10.1 Å². The van der Waals surface area contributed by atoms with Crippen LogP contribution in [0.2, 0.25) is 0 Å². The van der Waals surface area contributed by atoms with E-state index in [1.165, 1.54) is 0 Å². The molecule has 1 aliphatic rings. The van der Waals surface area contributed by atoms with Crippen molar-refractivity contribution in [2.45, 2.75) is 25.6 Å². The van der Waals surface area contributed by atoms with Gasteiger partial charge in [-0.05, 0) is 36.2 Å². The number of ether oxygens (including phenoxy) is 1. The molecule has 0 amide bonds. The van der Waals surface area contributed by atoms with E-state index in [2.05, 4.69) is 5.32 Å². The molecule has 2 nitrogen and oxygen atoms in total. The van der Waals surface area contributed by atoms with E-state index in [0.29, 0.717) is 19.6 Å². The van der Waals surface area contributed by atoms with Gasteiger partial charge in [0.2, 0.25) is 0 Å². The minimum Gasteiger partial charge on any atom is -0.489 e. The minimum absolute atomic E-state index is 0.0365. The van der Waals surface area contributed by atoms with E-state index in [9.17, 15) is 0 Å². The third kappa shape index (κ3) is 3.14. The van der Waals surface area contributed by atoms with Crippen molar-refractivity contribution in [3.8, 4) is 5.75 Å². The average Bonchev–Trinajstić information content (AvgIpc) is 2.57. The molecule has 2 aromatic carbocycles. The van der Waals surface area contributed by atoms with Crippen LogP contribution < -0.4 is 10.1 Å². The van der Waals surface area contributed by atoms with E-state index in [0.717, 1.165) is 23.4 Å². The molecule has 1 N–H and O–H groups in total. The highest BCUT2D eigenvalue weighted by Gasteiger charge is 2.40. The van der Waals surface area contributed by atoms with E-state index in [1.54, 1.807) is 0 Å². The van der Waals surface area contributed by atoms with Crippen LogP contribution in [0.4, 0.5) is 4.39 Å². The van der Waals surface area contributed by atoms with Gasteiger partial charge in [-0.2, -0.15) is 0 Å². The Morgan fingerprint density at radius 1 is 1.18 bits per heavy atom. The van der Waals surface area contributed by atoms with Crippen LogP contribution in [0.5, 0.6) is 5.75 Å². The fourth-order valence-electron chi connectivity index (χ4n) is 3.01. The Morgan fingerprint density at radius 3 is 2.77 bits per heavy atom. The summed E-state index contributed by atoms with van der Waals surface area (Å²) in [6, 6.07) is 17.5. The molecule has 22 heavy (non-hydrogen) atoms. The molecule has 3 heteroatoms. The molecule has 0 saturated carbocycles. The molecule has 0 bridgehead atoms. The van der Waals surface area contributed by atoms with Gasteiger partial charge in [-0.15, -0.1) is 0 Å². The summed E-state index contributed by atoms with van der Waals surface area (Å²) in [6.45, 7) is 3.89. The first-order chi connectivity index (χ1) is 10.7. The lowest BCUT2D eigenvalue weighted by Gasteiger charge is -2.36. The Hall–Kier alpha value is -1.87. The van der Waals surface area contributed by atoms with Crippen LogP contribution in [0.1, 0.15) is 24.5 Å². The Bertz CT molecular complexity index is 616. The topological polar surface area (TPSA) is 21.3 Å². The highest BCUT2D eigenvalue weighted by molar-refractivity contribution is 5.33. The Balaban J connectivity index is 1.75. The number of alkyl halides is 1. The monoisotopic (exact) mass is 299 g/mol. The first-order valence-electron chi connectivity index (χ1n) is 7.85. The number of nitrogens with one attached hydrogen (secondary N) is 1. The number of halogens is 1. The Labute approximate surface area is 131 Å². The molecular weight excluding hydrogens is 277 g/mol. The molecule has 2 unspecified atom stereocenters. The van der Waals surface area contributed by atoms with Gasteiger partial charge >= 0.3 is 0 Å². The molecule has 1 aliphatic heterocycles. The van der Waals surface area contributed by atoms with Gasteiger partial charge in [0.1, 0.15) is 18.0 Å². The maximum absolute atomic E-state index is 15.3. The van der Waals surface area contributed by atoms with Crippen molar-refractivity contribution in [1.82, 2.24) is 5.32 Å². The first kappa shape index (κ1) is 15.0. The molecule has 0 aliphatic carbocycles. The van der Waals surface area contributed by atoms with E-state index < -0.39 is 5.67 Å². The zero-order valence-corrected chi connectivity index (χ0v) is 12.9. The van der Waals surface area contributed by atoms with Crippen molar-refractivity contribution in [1.29, 1.82) is 0 Å². The van der Waals surface area contributed by atoms with Crippen molar-refractivity contribution < 1.29 is 9.13 Å². The molecule has 1 fully saturated rings. The maximum Gasteiger partial charge on any atom is 0.141 e. The molecule has 1 saturated heterocycles. The standard InChI is InChI=1S/C19H22FNO/c1-15-13-21-11-10-19(15,20)17-8-5-9-18(12-17)22-14-16-6-3-2-4-7-16/h2-9,12,15,21H,10-11,13-14H2,1H3. The van der Waals surface area contributed by atoms with Gasteiger partial charge in [-0.3, -0.25) is 0 Å². The second-order valence-electron chi connectivity index (χ2n) is 6.02. The number of piperidine rings is 1. The normalized spacial score (nSPS) is 24.9. The second kappa shape index (κ2) is 6.49. The number of hydrogen-bond acceptors (Lipinski definition) is 2. The Kier molecular flexibility index (Phi) is 4.44. The molecule has 2 atom stereocenters. The summed E-state index contributed by atoms with van der Waals surface area (Å²) in [6.07, 6.45) is 0.510. The SMILES string of the molecule is CC1CNCCC1(F)c1cccc(OCc2ccccc2)c1. The van der Waals surface area contributed by atoms with Crippen molar-refractivity contribution >= 4 is 0 Å². The first-order valence-corrected chi connectivity index (χ1v) is 7.85. The van der Waals surface area contributed by atoms with E-state index in [1.807, 2.05) is 61.5 Å². The quantitative estimate of drug-likeness (QED) is 0.919. The van der Waals surface area contributed by atoms with Crippen molar-refractivity contribution in [3.05, 3.63) is 65.7 Å². The van der Waals surface area contributed by atoms with Crippen molar-refractivity contribution in [3.63, 3.8) is 0 Å². The van der Waals surface area contributed by atoms with Gasteiger partial charge in [-0.25, -0.2) is 4.39 Å². The lowest BCUT2D eigenvalue weighted by Crippen LogP contribution is -2.44. The van der Waals surface area contributed by atoms with Crippen LogP contribution in [0.25, 0.3) is 0 Å². The lowest BCUT2D eigenvalue weighted by molar-refractivity contribution is 0.0547. The summed E-state index contributed by atoms with van der Waals surface area (Å²) in [5.74, 6) is 0.690. The number of benzene rings is 2. The van der Waals surface area contributed by atoms with Crippen LogP contribution in [0.3, 0.4) is 0 Å². The largest absolute Gasteiger partial charge is 0.489 e. The van der Waals surface area contributed by atoms with Crippen molar-refractivity contribution in [2.24, 2.45) is 5.92 Å². The van der Waals surface area contributed by atoms with Crippen LogP contribution in [0, 0.1) is 5.92 Å². The van der Waals surface area contributed by atoms with Gasteiger partial charge in [-0.1, -0.05) is 49.4 Å². The third-order valence-corrected chi connectivity index (χ3v) is 4.46. The van der Waals surface area contributed by atoms with Crippen LogP contribution in [0.15, 0.2) is 54.6 Å². The predicted molar refractivity (Wildman–Crippen MR) is 86.7 cm³/mol. The summed E-state index contributed by atoms with van der Waals surface area (Å²) >= 11 is 0. The molecule has 0 aromatic heterocycles. The molecule has 0 spiro atoms. The molecule has 2 aromatic rings. The van der Waals surface area contributed by atoms with Crippen LogP contribution in [-0.2, 0) is 12.3 Å². The van der Waals surface area contributed by atoms with E-state index >= 15 is 4.39 Å². The molecular formula is C19H22FNO. The van der Waals surface area contributed by atoms with Crippen molar-refractivity contribution in [2.75, 3.05) is 13.1 Å². The second-order valence-corrected chi connectivity index (χ2v) is 6.02. The zero-order chi connectivity index (χ0) is 15.4. The lowest BCUT2D eigenvalue weighted by atomic mass is 9.79. The smallest absolute Gasteiger partial charge is 0.141 e. The fourth-order valence-corrected chi connectivity index (χ4v) is 3.01. The minimum atomic E-state index is -1.27. The summed E-state index contributed by atoms with van der Waals surface area (Å²) < 4.78 is 21.2. The van der Waals surface area contributed by atoms with E-state index in [4.69, 9.17) is 4.74 Å². The number of hydrogen-bond donors (Lipinski definition) is 1. The highest BCUT2D eigenvalue weighted by Crippen LogP contribution is 2.40. The summed E-state index contributed by atoms with van der Waals surface area (Å²) in [5.41, 5.74) is 0.572. The molecule has 3 rings (SSSR count). The third-order valence-electron chi connectivity index (χ3n) is 4.46. The molecule has 0 radical (unpaired) electrons. The fraction of sp³-hybridized carbons (Fsp3) is 0.368. The van der Waals surface area contributed by atoms with Gasteiger partial charge in [0.15, 0.2) is 0 Å². The summed E-state index contributed by atoms with van der Waals surface area (Å²) in [5, 5.41) is 3.25. The average molecular weight is 299 g/mol. The summed E-state index contributed by atoms with van der Waals surface area (Å²) in [4.78, 5) is 0. The highest BCUT2D eigenvalue weighted by atomic mass is 19.1. The number of rotatable bonds is 4. The van der Waals surface area contributed by atoms with Gasteiger partial charge in [0, 0.05) is 12.5 Å².